The van der Waals surface area contributed by atoms with Gasteiger partial charge in [-0.25, -0.2) is 9.59 Å². The van der Waals surface area contributed by atoms with E-state index in [0.29, 0.717) is 23.4 Å². The van der Waals surface area contributed by atoms with Crippen LogP contribution in [0.1, 0.15) is 83.5 Å². The lowest BCUT2D eigenvalue weighted by molar-refractivity contribution is 0.0679. The Kier molecular flexibility index (Phi) is 8.04. The third-order valence-corrected chi connectivity index (χ3v) is 6.17. The van der Waals surface area contributed by atoms with Crippen molar-refractivity contribution in [3.05, 3.63) is 64.9 Å². The van der Waals surface area contributed by atoms with E-state index >= 15 is 0 Å². The summed E-state index contributed by atoms with van der Waals surface area (Å²) in [6.45, 7) is 2.71. The van der Waals surface area contributed by atoms with Crippen LogP contribution < -0.4 is 0 Å². The Balaban J connectivity index is 2.03. The molecule has 8 heteroatoms. The van der Waals surface area contributed by atoms with Gasteiger partial charge in [0.15, 0.2) is 0 Å². The van der Waals surface area contributed by atoms with E-state index in [4.69, 9.17) is 0 Å². The average Bonchev–Trinajstić information content (AvgIpc) is 3.10. The number of aromatic hydroxyl groups is 2. The van der Waals surface area contributed by atoms with Gasteiger partial charge >= 0.3 is 11.9 Å². The molecule has 0 spiro atoms. The molecular formula is C26H32N2O6. The molecule has 1 unspecified atom stereocenters. The van der Waals surface area contributed by atoms with Gasteiger partial charge in [-0.05, 0) is 18.6 Å². The standard InChI is InChI=1S/C26H32N2O6/c1-3-4-5-6-7-8-15-28-19(17-11-9-13-20(29)22(17)25(31)32)16-27(2)24(28)18-12-10-14-21(30)23(18)26(33)34/h9-14,16,24,29-30H,3-8,15H2,1-2H3,(H,31,32)(H,33,34). The van der Waals surface area contributed by atoms with E-state index < -0.39 is 18.1 Å². The lowest BCUT2D eigenvalue weighted by Crippen LogP contribution is -2.32. The van der Waals surface area contributed by atoms with E-state index in [9.17, 15) is 30.0 Å². The van der Waals surface area contributed by atoms with Crippen LogP contribution in [0.2, 0.25) is 0 Å². The van der Waals surface area contributed by atoms with Crippen LogP contribution in [0.25, 0.3) is 5.70 Å². The number of nitrogens with zero attached hydrogens (tertiary/aromatic N) is 2. The number of benzene rings is 2. The Labute approximate surface area is 199 Å². The minimum atomic E-state index is -1.25. The highest BCUT2D eigenvalue weighted by molar-refractivity contribution is 5.97. The summed E-state index contributed by atoms with van der Waals surface area (Å²) < 4.78 is 0. The molecule has 8 nitrogen and oxygen atoms in total. The van der Waals surface area contributed by atoms with Gasteiger partial charge in [0.1, 0.15) is 28.8 Å². The molecule has 3 rings (SSSR count). The van der Waals surface area contributed by atoms with Gasteiger partial charge in [0.2, 0.25) is 0 Å². The second kappa shape index (κ2) is 11.0. The van der Waals surface area contributed by atoms with E-state index in [1.807, 2.05) is 9.80 Å². The van der Waals surface area contributed by atoms with Gasteiger partial charge in [-0.2, -0.15) is 0 Å². The highest BCUT2D eigenvalue weighted by Crippen LogP contribution is 2.43. The summed E-state index contributed by atoms with van der Waals surface area (Å²) in [7, 11) is 1.78. The predicted molar refractivity (Wildman–Crippen MR) is 129 cm³/mol. The van der Waals surface area contributed by atoms with Crippen molar-refractivity contribution in [2.45, 2.75) is 51.6 Å². The second-order valence-corrected chi connectivity index (χ2v) is 8.57. The molecule has 182 valence electrons. The summed E-state index contributed by atoms with van der Waals surface area (Å²) >= 11 is 0. The number of hydrogen-bond acceptors (Lipinski definition) is 6. The van der Waals surface area contributed by atoms with Crippen molar-refractivity contribution < 1.29 is 30.0 Å². The highest BCUT2D eigenvalue weighted by atomic mass is 16.4. The van der Waals surface area contributed by atoms with Crippen LogP contribution in [0.4, 0.5) is 0 Å². The molecule has 0 aromatic heterocycles. The average molecular weight is 469 g/mol. The molecule has 0 amide bonds. The van der Waals surface area contributed by atoms with Crippen LogP contribution in [-0.2, 0) is 0 Å². The summed E-state index contributed by atoms with van der Waals surface area (Å²) in [5.74, 6) is -3.14. The van der Waals surface area contributed by atoms with Gasteiger partial charge < -0.3 is 30.2 Å². The first-order valence-corrected chi connectivity index (χ1v) is 11.6. The zero-order valence-corrected chi connectivity index (χ0v) is 19.6. The largest absolute Gasteiger partial charge is 0.507 e. The topological polar surface area (TPSA) is 122 Å². The molecule has 2 aromatic carbocycles. The molecule has 4 N–H and O–H groups in total. The fourth-order valence-electron chi connectivity index (χ4n) is 4.59. The molecule has 1 aliphatic heterocycles. The van der Waals surface area contributed by atoms with Crippen molar-refractivity contribution in [1.82, 2.24) is 9.80 Å². The monoisotopic (exact) mass is 468 g/mol. The number of phenols is 2. The summed E-state index contributed by atoms with van der Waals surface area (Å²) in [4.78, 5) is 27.7. The fourth-order valence-corrected chi connectivity index (χ4v) is 4.59. The lowest BCUT2D eigenvalue weighted by atomic mass is 10.00. The summed E-state index contributed by atoms with van der Waals surface area (Å²) in [5.41, 5.74) is 0.949. The van der Waals surface area contributed by atoms with Gasteiger partial charge in [0.05, 0.1) is 5.70 Å². The van der Waals surface area contributed by atoms with Crippen molar-refractivity contribution in [1.29, 1.82) is 0 Å². The Morgan fingerprint density at radius 2 is 1.44 bits per heavy atom. The van der Waals surface area contributed by atoms with E-state index in [-0.39, 0.29) is 22.6 Å². The minimum Gasteiger partial charge on any atom is -0.507 e. The molecule has 2 aromatic rings. The molecule has 1 heterocycles. The second-order valence-electron chi connectivity index (χ2n) is 8.57. The van der Waals surface area contributed by atoms with Gasteiger partial charge in [0, 0.05) is 30.9 Å². The molecular weight excluding hydrogens is 436 g/mol. The van der Waals surface area contributed by atoms with E-state index in [1.54, 1.807) is 37.5 Å². The maximum atomic E-state index is 12.0. The predicted octanol–water partition coefficient (Wildman–Crippen LogP) is 5.10. The number of carbonyl (C=O) groups is 2. The Morgan fingerprint density at radius 1 is 0.853 bits per heavy atom. The first-order valence-electron chi connectivity index (χ1n) is 11.6. The number of rotatable bonds is 11. The normalized spacial score (nSPS) is 15.5. The third-order valence-electron chi connectivity index (χ3n) is 6.17. The first kappa shape index (κ1) is 25.0. The van der Waals surface area contributed by atoms with Crippen LogP contribution in [0.5, 0.6) is 11.5 Å². The lowest BCUT2D eigenvalue weighted by Gasteiger charge is -2.34. The van der Waals surface area contributed by atoms with Crippen LogP contribution in [0.3, 0.4) is 0 Å². The van der Waals surface area contributed by atoms with Gasteiger partial charge in [-0.15, -0.1) is 0 Å². The smallest absolute Gasteiger partial charge is 0.340 e. The zero-order valence-electron chi connectivity index (χ0n) is 19.6. The molecule has 1 aliphatic rings. The van der Waals surface area contributed by atoms with E-state index in [2.05, 4.69) is 6.92 Å². The first-order chi connectivity index (χ1) is 16.3. The van der Waals surface area contributed by atoms with Crippen molar-refractivity contribution >= 4 is 17.6 Å². The van der Waals surface area contributed by atoms with Crippen LogP contribution in [0, 0.1) is 0 Å². The zero-order chi connectivity index (χ0) is 24.8. The molecule has 0 radical (unpaired) electrons. The summed E-state index contributed by atoms with van der Waals surface area (Å²) in [6.07, 6.45) is 7.57. The Bertz CT molecular complexity index is 1080. The molecule has 0 aliphatic carbocycles. The van der Waals surface area contributed by atoms with Crippen molar-refractivity contribution in [2.75, 3.05) is 13.6 Å². The third kappa shape index (κ3) is 5.11. The van der Waals surface area contributed by atoms with Crippen molar-refractivity contribution in [3.8, 4) is 11.5 Å². The number of carboxylic acid groups (broad SMARTS) is 2. The molecule has 0 fully saturated rings. The van der Waals surface area contributed by atoms with Gasteiger partial charge in [0.25, 0.3) is 0 Å². The number of hydrogen-bond donors (Lipinski definition) is 4. The van der Waals surface area contributed by atoms with Crippen LogP contribution in [-0.4, -0.2) is 55.8 Å². The van der Waals surface area contributed by atoms with E-state index in [1.165, 1.54) is 18.6 Å². The highest BCUT2D eigenvalue weighted by Gasteiger charge is 2.36. The maximum Gasteiger partial charge on any atom is 0.340 e. The number of unbranched alkanes of at least 4 members (excludes halogenated alkanes) is 5. The maximum absolute atomic E-state index is 12.0. The molecule has 1 atom stereocenters. The van der Waals surface area contributed by atoms with E-state index in [0.717, 1.165) is 32.1 Å². The molecule has 0 saturated heterocycles. The van der Waals surface area contributed by atoms with Gasteiger partial charge in [-0.1, -0.05) is 63.3 Å². The Morgan fingerprint density at radius 3 is 2.09 bits per heavy atom. The quantitative estimate of drug-likeness (QED) is 0.336. The molecule has 0 saturated carbocycles. The van der Waals surface area contributed by atoms with Gasteiger partial charge in [-0.3, -0.25) is 0 Å². The number of aromatic carboxylic acids is 2. The SMILES string of the molecule is CCCCCCCCN1C(c2cccc(O)c2C(=O)O)=CN(C)C1c1cccc(O)c1C(=O)O. The Hall–Kier alpha value is -3.68. The van der Waals surface area contributed by atoms with Crippen LogP contribution >= 0.6 is 0 Å². The van der Waals surface area contributed by atoms with Crippen molar-refractivity contribution in [3.63, 3.8) is 0 Å². The summed E-state index contributed by atoms with van der Waals surface area (Å²) in [5, 5.41) is 40.1. The van der Waals surface area contributed by atoms with Crippen LogP contribution in [0.15, 0.2) is 42.6 Å². The van der Waals surface area contributed by atoms with Crippen molar-refractivity contribution in [2.24, 2.45) is 0 Å². The number of carboxylic acids is 2. The fraction of sp³-hybridized carbons (Fsp3) is 0.385. The minimum absolute atomic E-state index is 0.184. The molecule has 0 bridgehead atoms. The summed E-state index contributed by atoms with van der Waals surface area (Å²) in [6, 6.07) is 9.16. The molecule has 34 heavy (non-hydrogen) atoms.